The van der Waals surface area contributed by atoms with Crippen LogP contribution in [0.25, 0.3) is 16.7 Å². The number of aromatic nitrogens is 4. The van der Waals surface area contributed by atoms with Crippen LogP contribution in [0.5, 0.6) is 0 Å². The molecule has 6 heteroatoms. The van der Waals surface area contributed by atoms with Gasteiger partial charge in [-0.15, -0.1) is 10.2 Å². The lowest BCUT2D eigenvalue weighted by molar-refractivity contribution is 0.161. The number of rotatable bonds is 6. The van der Waals surface area contributed by atoms with E-state index in [1.807, 2.05) is 25.1 Å². The molecular weight excluding hydrogens is 374 g/mol. The Bertz CT molecular complexity index is 1250. The summed E-state index contributed by atoms with van der Waals surface area (Å²) >= 11 is 0. The van der Waals surface area contributed by atoms with Gasteiger partial charge in [0.1, 0.15) is 0 Å². The predicted octanol–water partition coefficient (Wildman–Crippen LogP) is 3.69. The maximum atomic E-state index is 12.8. The molecule has 0 atom stereocenters. The molecule has 0 unspecified atom stereocenters. The Morgan fingerprint density at radius 2 is 1.87 bits per heavy atom. The number of aryl methyl sites for hydroxylation is 2. The van der Waals surface area contributed by atoms with Gasteiger partial charge < -0.3 is 0 Å². The van der Waals surface area contributed by atoms with Gasteiger partial charge >= 0.3 is 0 Å². The minimum absolute atomic E-state index is 0.0317. The second-order valence-electron chi connectivity index (χ2n) is 8.59. The number of fused-ring (bicyclic) bond motifs is 3. The summed E-state index contributed by atoms with van der Waals surface area (Å²) in [6, 6.07) is 16.6. The van der Waals surface area contributed by atoms with Crippen molar-refractivity contribution in [2.45, 2.75) is 39.3 Å². The van der Waals surface area contributed by atoms with E-state index in [1.165, 1.54) is 24.8 Å². The van der Waals surface area contributed by atoms with E-state index in [9.17, 15) is 4.79 Å². The van der Waals surface area contributed by atoms with Crippen molar-refractivity contribution in [1.29, 1.82) is 0 Å². The van der Waals surface area contributed by atoms with Gasteiger partial charge in [0.05, 0.1) is 17.4 Å². The van der Waals surface area contributed by atoms with Crippen LogP contribution < -0.4 is 5.56 Å². The topological polar surface area (TPSA) is 55.4 Å². The average Bonchev–Trinajstić information content (AvgIpc) is 3.13. The molecule has 0 aliphatic heterocycles. The molecule has 6 nitrogen and oxygen atoms in total. The summed E-state index contributed by atoms with van der Waals surface area (Å²) in [7, 11) is 1.77. The van der Waals surface area contributed by atoms with Crippen molar-refractivity contribution in [1.82, 2.24) is 24.1 Å². The van der Waals surface area contributed by atoms with Gasteiger partial charge in [-0.1, -0.05) is 48.4 Å². The summed E-state index contributed by atoms with van der Waals surface area (Å²) in [5, 5.41) is 9.60. The first-order valence-corrected chi connectivity index (χ1v) is 10.7. The molecule has 0 bridgehead atoms. The molecule has 4 aromatic rings. The van der Waals surface area contributed by atoms with Crippen molar-refractivity contribution in [3.05, 3.63) is 75.8 Å². The summed E-state index contributed by atoms with van der Waals surface area (Å²) in [5.41, 5.74) is 3.22. The minimum atomic E-state index is -0.0317. The summed E-state index contributed by atoms with van der Waals surface area (Å²) < 4.78 is 3.65. The van der Waals surface area contributed by atoms with E-state index in [-0.39, 0.29) is 5.56 Å². The Morgan fingerprint density at radius 3 is 2.60 bits per heavy atom. The highest BCUT2D eigenvalue weighted by molar-refractivity contribution is 5.81. The molecule has 0 N–H and O–H groups in total. The fourth-order valence-corrected chi connectivity index (χ4v) is 4.43. The molecule has 0 saturated heterocycles. The smallest absolute Gasteiger partial charge is 0.262 e. The fourth-order valence-electron chi connectivity index (χ4n) is 4.43. The molecule has 1 aliphatic rings. The molecular formula is C24H27N5O. The standard InChI is InChI=1S/C24H27N5O/c1-17-11-12-21-20(13-17)23(30)27(2)24-26-25-22(29(21)24)16-28(15-19-9-6-10-19)14-18-7-4-3-5-8-18/h3-5,7-8,11-13,19H,6,9-10,14-16H2,1-2H3. The number of hydrogen-bond donors (Lipinski definition) is 0. The van der Waals surface area contributed by atoms with Crippen LogP contribution in [-0.2, 0) is 20.1 Å². The van der Waals surface area contributed by atoms with Crippen LogP contribution in [0.1, 0.15) is 36.2 Å². The highest BCUT2D eigenvalue weighted by atomic mass is 16.1. The van der Waals surface area contributed by atoms with E-state index in [0.29, 0.717) is 17.7 Å². The highest BCUT2D eigenvalue weighted by Crippen LogP contribution is 2.28. The molecule has 2 heterocycles. The normalized spacial score (nSPS) is 14.6. The van der Waals surface area contributed by atoms with Crippen LogP contribution in [0.3, 0.4) is 0 Å². The first-order valence-electron chi connectivity index (χ1n) is 10.7. The third-order valence-electron chi connectivity index (χ3n) is 6.30. The first-order chi connectivity index (χ1) is 14.6. The number of nitrogens with zero attached hydrogens (tertiary/aromatic N) is 5. The van der Waals surface area contributed by atoms with Crippen molar-refractivity contribution in [3.63, 3.8) is 0 Å². The van der Waals surface area contributed by atoms with E-state index in [0.717, 1.165) is 35.9 Å². The first kappa shape index (κ1) is 19.0. The Labute approximate surface area is 175 Å². The van der Waals surface area contributed by atoms with Crippen LogP contribution >= 0.6 is 0 Å². The zero-order valence-electron chi connectivity index (χ0n) is 17.6. The van der Waals surface area contributed by atoms with E-state index in [4.69, 9.17) is 0 Å². The van der Waals surface area contributed by atoms with Crippen LogP contribution in [-0.4, -0.2) is 30.6 Å². The van der Waals surface area contributed by atoms with Crippen molar-refractivity contribution >= 4 is 16.7 Å². The molecule has 2 aromatic heterocycles. The highest BCUT2D eigenvalue weighted by Gasteiger charge is 2.23. The zero-order chi connectivity index (χ0) is 20.7. The summed E-state index contributed by atoms with van der Waals surface area (Å²) in [5.74, 6) is 2.23. The summed E-state index contributed by atoms with van der Waals surface area (Å²) in [6.07, 6.45) is 3.95. The predicted molar refractivity (Wildman–Crippen MR) is 118 cm³/mol. The fraction of sp³-hybridized carbons (Fsp3) is 0.375. The van der Waals surface area contributed by atoms with E-state index < -0.39 is 0 Å². The summed E-state index contributed by atoms with van der Waals surface area (Å²) in [6.45, 7) is 4.66. The third kappa shape index (κ3) is 3.41. The molecule has 1 fully saturated rings. The second kappa shape index (κ2) is 7.69. The maximum absolute atomic E-state index is 12.8. The lowest BCUT2D eigenvalue weighted by Crippen LogP contribution is -2.32. The van der Waals surface area contributed by atoms with E-state index >= 15 is 0 Å². The van der Waals surface area contributed by atoms with Crippen molar-refractivity contribution in [2.24, 2.45) is 13.0 Å². The van der Waals surface area contributed by atoms with Crippen LogP contribution in [0.15, 0.2) is 53.3 Å². The molecule has 2 aromatic carbocycles. The molecule has 0 radical (unpaired) electrons. The van der Waals surface area contributed by atoms with Gasteiger partial charge in [-0.3, -0.25) is 18.7 Å². The van der Waals surface area contributed by atoms with Gasteiger partial charge in [-0.2, -0.15) is 0 Å². The Kier molecular flexibility index (Phi) is 4.87. The Balaban J connectivity index is 1.56. The number of benzene rings is 2. The largest absolute Gasteiger partial charge is 0.291 e. The molecule has 1 aliphatic carbocycles. The SMILES string of the molecule is Cc1ccc2c(c1)c(=O)n(C)c1nnc(CN(Cc3ccccc3)CC3CCC3)n21. The third-order valence-corrected chi connectivity index (χ3v) is 6.30. The number of hydrogen-bond acceptors (Lipinski definition) is 4. The zero-order valence-corrected chi connectivity index (χ0v) is 17.6. The molecule has 0 spiro atoms. The Hall–Kier alpha value is -2.99. The van der Waals surface area contributed by atoms with Gasteiger partial charge in [-0.05, 0) is 43.4 Å². The molecule has 0 amide bonds. The average molecular weight is 402 g/mol. The van der Waals surface area contributed by atoms with Gasteiger partial charge in [-0.25, -0.2) is 0 Å². The van der Waals surface area contributed by atoms with Crippen molar-refractivity contribution in [2.75, 3.05) is 6.54 Å². The van der Waals surface area contributed by atoms with Crippen molar-refractivity contribution < 1.29 is 0 Å². The molecule has 154 valence electrons. The van der Waals surface area contributed by atoms with E-state index in [1.54, 1.807) is 11.6 Å². The molecule has 1 saturated carbocycles. The molecule has 30 heavy (non-hydrogen) atoms. The minimum Gasteiger partial charge on any atom is -0.291 e. The van der Waals surface area contributed by atoms with Crippen molar-refractivity contribution in [3.8, 4) is 0 Å². The van der Waals surface area contributed by atoms with Crippen LogP contribution in [0.2, 0.25) is 0 Å². The Morgan fingerprint density at radius 1 is 1.07 bits per heavy atom. The van der Waals surface area contributed by atoms with Gasteiger partial charge in [0.25, 0.3) is 5.56 Å². The maximum Gasteiger partial charge on any atom is 0.262 e. The van der Waals surface area contributed by atoms with Gasteiger partial charge in [0.2, 0.25) is 5.78 Å². The van der Waals surface area contributed by atoms with Crippen LogP contribution in [0.4, 0.5) is 0 Å². The monoisotopic (exact) mass is 401 g/mol. The lowest BCUT2D eigenvalue weighted by atomic mass is 9.85. The van der Waals surface area contributed by atoms with Gasteiger partial charge in [0.15, 0.2) is 5.82 Å². The lowest BCUT2D eigenvalue weighted by Gasteiger charge is -2.32. The summed E-state index contributed by atoms with van der Waals surface area (Å²) in [4.78, 5) is 15.3. The van der Waals surface area contributed by atoms with E-state index in [2.05, 4.69) is 49.8 Å². The molecule has 5 rings (SSSR count). The van der Waals surface area contributed by atoms with Gasteiger partial charge in [0, 0.05) is 20.1 Å². The second-order valence-corrected chi connectivity index (χ2v) is 8.59. The quantitative estimate of drug-likeness (QED) is 0.494. The van der Waals surface area contributed by atoms with Crippen LogP contribution in [0, 0.1) is 12.8 Å².